The van der Waals surface area contributed by atoms with Gasteiger partial charge in [0, 0.05) is 12.8 Å². The lowest BCUT2D eigenvalue weighted by molar-refractivity contribution is 1.31. The van der Waals surface area contributed by atoms with Gasteiger partial charge in [-0.1, -0.05) is 18.2 Å². The number of rotatable bonds is 3. The molecular formula is C10H17N. The third-order valence-corrected chi connectivity index (χ3v) is 1.70. The molecule has 1 nitrogen and oxygen atoms in total. The van der Waals surface area contributed by atoms with Crippen molar-refractivity contribution in [1.82, 2.24) is 0 Å². The Balaban J connectivity index is 4.01. The Morgan fingerprint density at radius 2 is 2.00 bits per heavy atom. The van der Waals surface area contributed by atoms with Gasteiger partial charge >= 0.3 is 0 Å². The summed E-state index contributed by atoms with van der Waals surface area (Å²) in [7, 11) is 1.82. The summed E-state index contributed by atoms with van der Waals surface area (Å²) in [5.41, 5.74) is 2.39. The van der Waals surface area contributed by atoms with Gasteiger partial charge in [-0.25, -0.2) is 0 Å². The summed E-state index contributed by atoms with van der Waals surface area (Å²) in [6, 6.07) is 0. The Morgan fingerprint density at radius 1 is 1.36 bits per heavy atom. The normalized spacial score (nSPS) is 14.5. The van der Waals surface area contributed by atoms with Crippen LogP contribution in [0.1, 0.15) is 27.2 Å². The highest BCUT2D eigenvalue weighted by atomic mass is 14.7. The molecule has 0 saturated heterocycles. The Morgan fingerprint density at radius 3 is 2.45 bits per heavy atom. The molecule has 0 atom stereocenters. The van der Waals surface area contributed by atoms with Crippen molar-refractivity contribution in [2.45, 2.75) is 27.2 Å². The second-order valence-corrected chi connectivity index (χ2v) is 2.50. The van der Waals surface area contributed by atoms with E-state index < -0.39 is 0 Å². The molecule has 0 unspecified atom stereocenters. The minimum Gasteiger partial charge on any atom is -0.293 e. The van der Waals surface area contributed by atoms with Crippen LogP contribution in [0.25, 0.3) is 0 Å². The van der Waals surface area contributed by atoms with Crippen molar-refractivity contribution in [1.29, 1.82) is 0 Å². The van der Waals surface area contributed by atoms with Gasteiger partial charge in [0.2, 0.25) is 0 Å². The van der Waals surface area contributed by atoms with Crippen molar-refractivity contribution in [3.63, 3.8) is 0 Å². The minimum absolute atomic E-state index is 1.01. The molecule has 0 aromatic heterocycles. The third-order valence-electron chi connectivity index (χ3n) is 1.70. The van der Waals surface area contributed by atoms with E-state index in [1.54, 1.807) is 0 Å². The molecule has 1 heteroatoms. The lowest BCUT2D eigenvalue weighted by atomic mass is 10.1. The van der Waals surface area contributed by atoms with E-state index >= 15 is 0 Å². The third kappa shape index (κ3) is 4.54. The van der Waals surface area contributed by atoms with E-state index in [1.807, 2.05) is 20.9 Å². The summed E-state index contributed by atoms with van der Waals surface area (Å²) in [4.78, 5) is 4.09. The lowest BCUT2D eigenvalue weighted by Crippen LogP contribution is -1.91. The molecule has 0 amide bonds. The first kappa shape index (κ1) is 10.2. The summed E-state index contributed by atoms with van der Waals surface area (Å²) in [6.07, 6.45) is 7.38. The molecule has 0 saturated carbocycles. The second kappa shape index (κ2) is 5.90. The maximum atomic E-state index is 4.09. The Kier molecular flexibility index (Phi) is 5.44. The quantitative estimate of drug-likeness (QED) is 0.434. The second-order valence-electron chi connectivity index (χ2n) is 2.50. The van der Waals surface area contributed by atoms with E-state index in [1.165, 1.54) is 5.57 Å². The van der Waals surface area contributed by atoms with Crippen LogP contribution < -0.4 is 0 Å². The Bertz CT molecular complexity index is 185. The lowest BCUT2D eigenvalue weighted by Gasteiger charge is -1.96. The van der Waals surface area contributed by atoms with Crippen molar-refractivity contribution in [2.24, 2.45) is 4.99 Å². The molecule has 0 fully saturated rings. The van der Waals surface area contributed by atoms with E-state index in [4.69, 9.17) is 0 Å². The fraction of sp³-hybridized carbons (Fsp3) is 0.500. The summed E-state index contributed by atoms with van der Waals surface area (Å²) in [6.45, 7) is 6.15. The number of hydrogen-bond acceptors (Lipinski definition) is 1. The van der Waals surface area contributed by atoms with Gasteiger partial charge in [0.1, 0.15) is 0 Å². The molecule has 0 aliphatic heterocycles. The van der Waals surface area contributed by atoms with E-state index in [0.717, 1.165) is 12.1 Å². The first-order valence-electron chi connectivity index (χ1n) is 3.94. The SMILES string of the molecule is CC=CC/C=C(\C)C(C)=NC. The molecule has 62 valence electrons. The predicted octanol–water partition coefficient (Wildman–Crippen LogP) is 2.99. The smallest absolute Gasteiger partial charge is 0.0339 e. The Labute approximate surface area is 69.5 Å². The molecule has 0 aliphatic rings. The molecule has 0 N–H and O–H groups in total. The summed E-state index contributed by atoms with van der Waals surface area (Å²) >= 11 is 0. The van der Waals surface area contributed by atoms with E-state index in [0.29, 0.717) is 0 Å². The molecule has 0 radical (unpaired) electrons. The van der Waals surface area contributed by atoms with Crippen LogP contribution >= 0.6 is 0 Å². The van der Waals surface area contributed by atoms with Gasteiger partial charge in [0.05, 0.1) is 0 Å². The van der Waals surface area contributed by atoms with Gasteiger partial charge < -0.3 is 0 Å². The zero-order valence-electron chi connectivity index (χ0n) is 7.89. The van der Waals surface area contributed by atoms with Gasteiger partial charge in [0.15, 0.2) is 0 Å². The highest BCUT2D eigenvalue weighted by Gasteiger charge is 1.89. The van der Waals surface area contributed by atoms with Crippen molar-refractivity contribution in [3.05, 3.63) is 23.8 Å². The molecule has 0 aromatic rings. The monoisotopic (exact) mass is 151 g/mol. The van der Waals surface area contributed by atoms with Crippen LogP contribution in [-0.2, 0) is 0 Å². The highest BCUT2D eigenvalue weighted by Crippen LogP contribution is 1.98. The molecule has 0 spiro atoms. The topological polar surface area (TPSA) is 12.4 Å². The maximum absolute atomic E-state index is 4.09. The van der Waals surface area contributed by atoms with Crippen molar-refractivity contribution in [2.75, 3.05) is 7.05 Å². The van der Waals surface area contributed by atoms with Crippen LogP contribution in [-0.4, -0.2) is 12.8 Å². The van der Waals surface area contributed by atoms with Crippen molar-refractivity contribution in [3.8, 4) is 0 Å². The first-order valence-corrected chi connectivity index (χ1v) is 3.94. The molecular weight excluding hydrogens is 134 g/mol. The maximum Gasteiger partial charge on any atom is 0.0339 e. The highest BCUT2D eigenvalue weighted by molar-refractivity contribution is 5.97. The zero-order valence-corrected chi connectivity index (χ0v) is 7.89. The van der Waals surface area contributed by atoms with Crippen LogP contribution in [0.15, 0.2) is 28.8 Å². The van der Waals surface area contributed by atoms with Crippen LogP contribution in [0.3, 0.4) is 0 Å². The summed E-state index contributed by atoms with van der Waals surface area (Å²) < 4.78 is 0. The standard InChI is InChI=1S/C10H17N/c1-5-6-7-8-9(2)10(3)11-4/h5-6,8H,7H2,1-4H3/b6-5?,9-8+,11-10?. The van der Waals surface area contributed by atoms with Crippen LogP contribution in [0, 0.1) is 0 Å². The number of nitrogens with zero attached hydrogens (tertiary/aromatic N) is 1. The minimum atomic E-state index is 1.01. The average Bonchev–Trinajstić information content (AvgIpc) is 2.03. The van der Waals surface area contributed by atoms with Gasteiger partial charge in [-0.3, -0.25) is 4.99 Å². The summed E-state index contributed by atoms with van der Waals surface area (Å²) in [5, 5.41) is 0. The molecule has 0 heterocycles. The van der Waals surface area contributed by atoms with Crippen molar-refractivity contribution >= 4 is 5.71 Å². The summed E-state index contributed by atoms with van der Waals surface area (Å²) in [5.74, 6) is 0. The number of aliphatic imine (C=N–C) groups is 1. The largest absolute Gasteiger partial charge is 0.293 e. The molecule has 0 aromatic carbocycles. The van der Waals surface area contributed by atoms with Crippen LogP contribution in [0.2, 0.25) is 0 Å². The van der Waals surface area contributed by atoms with Gasteiger partial charge in [-0.2, -0.15) is 0 Å². The van der Waals surface area contributed by atoms with Crippen LogP contribution in [0.5, 0.6) is 0 Å². The van der Waals surface area contributed by atoms with Crippen molar-refractivity contribution < 1.29 is 0 Å². The van der Waals surface area contributed by atoms with E-state index in [2.05, 4.69) is 30.1 Å². The fourth-order valence-corrected chi connectivity index (χ4v) is 0.705. The predicted molar refractivity (Wildman–Crippen MR) is 52.2 cm³/mol. The van der Waals surface area contributed by atoms with Gasteiger partial charge in [-0.05, 0) is 32.8 Å². The zero-order chi connectivity index (χ0) is 8.69. The van der Waals surface area contributed by atoms with Gasteiger partial charge in [0.25, 0.3) is 0 Å². The fourth-order valence-electron chi connectivity index (χ4n) is 0.705. The first-order chi connectivity index (χ1) is 5.22. The van der Waals surface area contributed by atoms with E-state index in [-0.39, 0.29) is 0 Å². The molecule has 11 heavy (non-hydrogen) atoms. The van der Waals surface area contributed by atoms with E-state index in [9.17, 15) is 0 Å². The molecule has 0 rings (SSSR count). The van der Waals surface area contributed by atoms with Crippen LogP contribution in [0.4, 0.5) is 0 Å². The number of hydrogen-bond donors (Lipinski definition) is 0. The molecule has 0 bridgehead atoms. The average molecular weight is 151 g/mol. The Hall–Kier alpha value is -0.850. The number of allylic oxidation sites excluding steroid dienone is 4. The van der Waals surface area contributed by atoms with Gasteiger partial charge in [-0.15, -0.1) is 0 Å². The molecule has 0 aliphatic carbocycles.